The zero-order valence-corrected chi connectivity index (χ0v) is 24.5. The SMILES string of the molecule is Cc1nc2cc(-c3ccc(C(=O)NS(=O)(=O)c4ccc(NCC56CC7CC(CC(C7)C5)C6)c([N+](=O)[O-])c4)cc3)ccc2o1. The van der Waals surface area contributed by atoms with E-state index < -0.39 is 20.9 Å². The molecule has 43 heavy (non-hydrogen) atoms. The molecular formula is C32H32N4O6S. The van der Waals surface area contributed by atoms with Crippen molar-refractivity contribution in [1.82, 2.24) is 9.71 Å². The summed E-state index contributed by atoms with van der Waals surface area (Å²) in [6.45, 7) is 2.41. The van der Waals surface area contributed by atoms with Gasteiger partial charge in [0.05, 0.1) is 9.82 Å². The number of rotatable bonds is 8. The van der Waals surface area contributed by atoms with Gasteiger partial charge in [0.25, 0.3) is 21.6 Å². The van der Waals surface area contributed by atoms with Crippen LogP contribution in [0.15, 0.2) is 70.0 Å². The van der Waals surface area contributed by atoms with Crippen LogP contribution in [-0.4, -0.2) is 30.8 Å². The summed E-state index contributed by atoms with van der Waals surface area (Å²) in [7, 11) is -4.37. The highest BCUT2D eigenvalue weighted by Crippen LogP contribution is 2.60. The fraction of sp³-hybridized carbons (Fsp3) is 0.375. The van der Waals surface area contributed by atoms with E-state index in [9.17, 15) is 23.3 Å². The highest BCUT2D eigenvalue weighted by molar-refractivity contribution is 7.90. The summed E-state index contributed by atoms with van der Waals surface area (Å²) in [6.07, 6.45) is 7.37. The zero-order chi connectivity index (χ0) is 29.9. The topological polar surface area (TPSA) is 144 Å². The van der Waals surface area contributed by atoms with Crippen LogP contribution in [0.2, 0.25) is 0 Å². The van der Waals surface area contributed by atoms with Crippen LogP contribution in [0.4, 0.5) is 11.4 Å². The Labute approximate surface area is 249 Å². The standard InChI is InChI=1S/C32H32N4O6S/c1-19-34-28-13-25(6-9-30(28)42-19)23-2-4-24(5-3-23)31(37)35-43(40,41)26-7-8-27(29(14-26)36(38)39)33-18-32-15-20-10-21(16-32)12-22(11-20)17-32/h2-9,13-14,20-22,33H,10-12,15-18H2,1H3,(H,35,37). The summed E-state index contributed by atoms with van der Waals surface area (Å²) in [5.74, 6) is 1.99. The maximum absolute atomic E-state index is 13.1. The number of hydrogen-bond donors (Lipinski definition) is 2. The van der Waals surface area contributed by atoms with E-state index in [1.807, 2.05) is 22.9 Å². The van der Waals surface area contributed by atoms with E-state index in [0.29, 0.717) is 29.2 Å². The Balaban J connectivity index is 1.05. The maximum atomic E-state index is 13.1. The van der Waals surface area contributed by atoms with Crippen LogP contribution in [0.3, 0.4) is 0 Å². The molecule has 4 bridgehead atoms. The number of aromatic nitrogens is 1. The lowest BCUT2D eigenvalue weighted by molar-refractivity contribution is -0.384. The van der Waals surface area contributed by atoms with Gasteiger partial charge in [0, 0.05) is 25.1 Å². The number of nitro groups is 1. The molecule has 8 rings (SSSR count). The number of nitrogens with zero attached hydrogens (tertiary/aromatic N) is 2. The molecule has 3 aromatic carbocycles. The fourth-order valence-corrected chi connectivity index (χ4v) is 9.04. The third-order valence-corrected chi connectivity index (χ3v) is 10.8. The van der Waals surface area contributed by atoms with Crippen LogP contribution in [0.25, 0.3) is 22.2 Å². The first-order chi connectivity index (χ1) is 20.6. The number of carbonyl (C=O) groups excluding carboxylic acids is 1. The Bertz CT molecular complexity index is 1830. The molecule has 10 nitrogen and oxygen atoms in total. The molecule has 0 unspecified atom stereocenters. The molecule has 0 aliphatic heterocycles. The summed E-state index contributed by atoms with van der Waals surface area (Å²) in [4.78, 5) is 28.3. The zero-order valence-electron chi connectivity index (χ0n) is 23.7. The third-order valence-electron chi connectivity index (χ3n) is 9.50. The van der Waals surface area contributed by atoms with Gasteiger partial charge < -0.3 is 9.73 Å². The number of sulfonamides is 1. The predicted molar refractivity (Wildman–Crippen MR) is 161 cm³/mol. The monoisotopic (exact) mass is 600 g/mol. The van der Waals surface area contributed by atoms with Crippen LogP contribution < -0.4 is 10.0 Å². The molecule has 0 saturated heterocycles. The second-order valence-corrected chi connectivity index (χ2v) is 14.3. The first-order valence-electron chi connectivity index (χ1n) is 14.6. The summed E-state index contributed by atoms with van der Waals surface area (Å²) < 4.78 is 33.8. The van der Waals surface area contributed by atoms with Gasteiger partial charge in [-0.15, -0.1) is 0 Å². The van der Waals surface area contributed by atoms with Gasteiger partial charge in [0.2, 0.25) is 0 Å². The maximum Gasteiger partial charge on any atom is 0.293 e. The average molecular weight is 601 g/mol. The lowest BCUT2D eigenvalue weighted by Gasteiger charge is -2.57. The number of aryl methyl sites for hydroxylation is 1. The predicted octanol–water partition coefficient (Wildman–Crippen LogP) is 6.46. The van der Waals surface area contributed by atoms with Gasteiger partial charge in [-0.3, -0.25) is 14.9 Å². The van der Waals surface area contributed by atoms with Gasteiger partial charge in [-0.1, -0.05) is 18.2 Å². The second kappa shape index (κ2) is 10.2. The van der Waals surface area contributed by atoms with Gasteiger partial charge in [0.1, 0.15) is 11.2 Å². The molecule has 4 saturated carbocycles. The molecule has 0 radical (unpaired) electrons. The highest BCUT2D eigenvalue weighted by atomic mass is 32.2. The molecule has 0 atom stereocenters. The van der Waals surface area contributed by atoms with E-state index in [1.54, 1.807) is 19.1 Å². The number of nitro benzene ring substituents is 1. The Morgan fingerprint density at radius 1 is 0.977 bits per heavy atom. The lowest BCUT2D eigenvalue weighted by atomic mass is 9.49. The summed E-state index contributed by atoms with van der Waals surface area (Å²) in [5, 5.41) is 15.3. The molecule has 2 N–H and O–H groups in total. The molecule has 0 spiro atoms. The van der Waals surface area contributed by atoms with Crippen LogP contribution in [0, 0.1) is 40.2 Å². The molecule has 1 heterocycles. The average Bonchev–Trinajstić information content (AvgIpc) is 3.34. The van der Waals surface area contributed by atoms with Crippen molar-refractivity contribution in [2.24, 2.45) is 23.2 Å². The van der Waals surface area contributed by atoms with E-state index in [0.717, 1.165) is 54.2 Å². The largest absolute Gasteiger partial charge is 0.441 e. The van der Waals surface area contributed by atoms with Crippen molar-refractivity contribution in [3.8, 4) is 11.1 Å². The fourth-order valence-electron chi connectivity index (χ4n) is 8.04. The van der Waals surface area contributed by atoms with E-state index in [-0.39, 0.29) is 21.6 Å². The number of hydrogen-bond acceptors (Lipinski definition) is 8. The molecule has 4 aromatic rings. The summed E-state index contributed by atoms with van der Waals surface area (Å²) >= 11 is 0. The molecule has 11 heteroatoms. The molecule has 1 amide bonds. The van der Waals surface area contributed by atoms with Gasteiger partial charge in [0.15, 0.2) is 11.5 Å². The molecule has 4 fully saturated rings. The third kappa shape index (κ3) is 5.26. The number of carbonyl (C=O) groups is 1. The van der Waals surface area contributed by atoms with Crippen molar-refractivity contribution in [1.29, 1.82) is 0 Å². The number of fused-ring (bicyclic) bond motifs is 1. The molecule has 4 aliphatic carbocycles. The van der Waals surface area contributed by atoms with Crippen molar-refractivity contribution < 1.29 is 22.6 Å². The van der Waals surface area contributed by atoms with Crippen molar-refractivity contribution >= 4 is 38.4 Å². The minimum Gasteiger partial charge on any atom is -0.441 e. The van der Waals surface area contributed by atoms with E-state index in [1.165, 1.54) is 43.5 Å². The molecular weight excluding hydrogens is 568 g/mol. The number of nitrogens with one attached hydrogen (secondary N) is 2. The minimum absolute atomic E-state index is 0.133. The summed E-state index contributed by atoms with van der Waals surface area (Å²) in [6, 6.07) is 15.8. The van der Waals surface area contributed by atoms with Gasteiger partial charge in [-0.2, -0.15) is 0 Å². The van der Waals surface area contributed by atoms with Crippen LogP contribution in [-0.2, 0) is 10.0 Å². The van der Waals surface area contributed by atoms with Crippen LogP contribution in [0.1, 0.15) is 54.8 Å². The normalized spacial score (nSPS) is 24.3. The van der Waals surface area contributed by atoms with Crippen LogP contribution in [0.5, 0.6) is 0 Å². The van der Waals surface area contributed by atoms with Crippen molar-refractivity contribution in [3.63, 3.8) is 0 Å². The number of amides is 1. The Morgan fingerprint density at radius 2 is 1.63 bits per heavy atom. The van der Waals surface area contributed by atoms with Crippen LogP contribution >= 0.6 is 0 Å². The Kier molecular flexibility index (Phi) is 6.53. The molecule has 222 valence electrons. The van der Waals surface area contributed by atoms with E-state index >= 15 is 0 Å². The lowest BCUT2D eigenvalue weighted by Crippen LogP contribution is -2.49. The van der Waals surface area contributed by atoms with Gasteiger partial charge >= 0.3 is 0 Å². The summed E-state index contributed by atoms with van der Waals surface area (Å²) in [5.41, 5.74) is 3.32. The Morgan fingerprint density at radius 3 is 2.28 bits per heavy atom. The first-order valence-corrected chi connectivity index (χ1v) is 16.1. The van der Waals surface area contributed by atoms with E-state index in [4.69, 9.17) is 4.42 Å². The van der Waals surface area contributed by atoms with E-state index in [2.05, 4.69) is 10.3 Å². The van der Waals surface area contributed by atoms with Crippen molar-refractivity contribution in [2.75, 3.05) is 11.9 Å². The number of anilines is 1. The van der Waals surface area contributed by atoms with Gasteiger partial charge in [-0.25, -0.2) is 18.1 Å². The number of benzene rings is 3. The molecule has 4 aliphatic rings. The molecule has 1 aromatic heterocycles. The van der Waals surface area contributed by atoms with Crippen molar-refractivity contribution in [3.05, 3.63) is 82.2 Å². The quantitative estimate of drug-likeness (QED) is 0.173. The number of oxazole rings is 1. The minimum atomic E-state index is -4.37. The smallest absolute Gasteiger partial charge is 0.293 e. The first kappa shape index (κ1) is 27.6. The highest BCUT2D eigenvalue weighted by Gasteiger charge is 2.50. The van der Waals surface area contributed by atoms with Gasteiger partial charge in [-0.05, 0) is 109 Å². The Hall–Kier alpha value is -4.25. The van der Waals surface area contributed by atoms with Crippen molar-refractivity contribution in [2.45, 2.75) is 50.3 Å². The second-order valence-electron chi connectivity index (χ2n) is 12.6.